The molecular formula is C14H13BrN2. The number of nitrogens with two attached hydrogens (primary N) is 1. The second-order valence-electron chi connectivity index (χ2n) is 3.79. The number of nitrogen functional groups attached to an aromatic ring is 1. The quantitative estimate of drug-likeness (QED) is 0.507. The Labute approximate surface area is 109 Å². The highest BCUT2D eigenvalue weighted by Crippen LogP contribution is 2.25. The van der Waals surface area contributed by atoms with Crippen molar-refractivity contribution in [2.24, 2.45) is 5.73 Å². The van der Waals surface area contributed by atoms with E-state index in [-0.39, 0.29) is 5.84 Å². The first-order chi connectivity index (χ1) is 8.22. The fourth-order valence-electron chi connectivity index (χ4n) is 1.77. The van der Waals surface area contributed by atoms with Crippen molar-refractivity contribution in [3.8, 4) is 11.1 Å². The molecule has 0 aliphatic heterocycles. The number of benzene rings is 2. The summed E-state index contributed by atoms with van der Waals surface area (Å²) in [5, 5.41) is 8.43. The molecule has 2 nitrogen and oxygen atoms in total. The molecule has 0 amide bonds. The van der Waals surface area contributed by atoms with E-state index in [2.05, 4.69) is 15.9 Å². The van der Waals surface area contributed by atoms with E-state index in [0.717, 1.165) is 27.6 Å². The van der Waals surface area contributed by atoms with E-state index in [1.807, 2.05) is 48.5 Å². The highest BCUT2D eigenvalue weighted by Gasteiger charge is 2.08. The highest BCUT2D eigenvalue weighted by atomic mass is 79.9. The normalized spacial score (nSPS) is 10.2. The van der Waals surface area contributed by atoms with Gasteiger partial charge in [-0.2, -0.15) is 0 Å². The van der Waals surface area contributed by atoms with Crippen molar-refractivity contribution < 1.29 is 0 Å². The molecule has 2 aromatic rings. The minimum absolute atomic E-state index is 0.103. The summed E-state index contributed by atoms with van der Waals surface area (Å²) in [6.45, 7) is 0. The Bertz CT molecular complexity index is 535. The predicted molar refractivity (Wildman–Crippen MR) is 75.5 cm³/mol. The lowest BCUT2D eigenvalue weighted by atomic mass is 9.97. The standard InChI is InChI=1S/C14H13BrN2/c15-9-10-6-7-12(13(8-10)14(16)17)11-4-2-1-3-5-11/h1-8H,9H2,(H3,16,17). The maximum atomic E-state index is 7.66. The summed E-state index contributed by atoms with van der Waals surface area (Å²) < 4.78 is 0. The average Bonchev–Trinajstić information content (AvgIpc) is 2.39. The minimum atomic E-state index is 0.103. The number of hydrogen-bond acceptors (Lipinski definition) is 1. The van der Waals surface area contributed by atoms with Crippen LogP contribution in [0.25, 0.3) is 11.1 Å². The van der Waals surface area contributed by atoms with Gasteiger partial charge >= 0.3 is 0 Å². The second-order valence-corrected chi connectivity index (χ2v) is 4.35. The molecule has 3 heteroatoms. The van der Waals surface area contributed by atoms with Gasteiger partial charge in [-0.1, -0.05) is 58.4 Å². The van der Waals surface area contributed by atoms with Crippen molar-refractivity contribution in [3.05, 3.63) is 59.7 Å². The minimum Gasteiger partial charge on any atom is -0.384 e. The van der Waals surface area contributed by atoms with Gasteiger partial charge in [0.15, 0.2) is 0 Å². The highest BCUT2D eigenvalue weighted by molar-refractivity contribution is 9.08. The van der Waals surface area contributed by atoms with E-state index in [1.54, 1.807) is 0 Å². The molecule has 2 rings (SSSR count). The molecule has 0 bridgehead atoms. The zero-order valence-electron chi connectivity index (χ0n) is 9.28. The number of amidine groups is 1. The summed E-state index contributed by atoms with van der Waals surface area (Å²) in [7, 11) is 0. The summed E-state index contributed by atoms with van der Waals surface area (Å²) in [6.07, 6.45) is 0. The number of rotatable bonds is 3. The molecule has 0 saturated heterocycles. The van der Waals surface area contributed by atoms with Crippen LogP contribution in [0, 0.1) is 5.41 Å². The van der Waals surface area contributed by atoms with Gasteiger partial charge < -0.3 is 5.73 Å². The van der Waals surface area contributed by atoms with Crippen LogP contribution in [0.1, 0.15) is 11.1 Å². The molecule has 3 N–H and O–H groups in total. The largest absolute Gasteiger partial charge is 0.384 e. The number of nitrogens with one attached hydrogen (secondary N) is 1. The maximum Gasteiger partial charge on any atom is 0.123 e. The topological polar surface area (TPSA) is 49.9 Å². The Balaban J connectivity index is 2.58. The van der Waals surface area contributed by atoms with Crippen LogP contribution < -0.4 is 5.73 Å². The predicted octanol–water partition coefficient (Wildman–Crippen LogP) is 3.53. The van der Waals surface area contributed by atoms with Gasteiger partial charge in [0, 0.05) is 10.9 Å². The Morgan fingerprint density at radius 3 is 2.41 bits per heavy atom. The van der Waals surface area contributed by atoms with Crippen LogP contribution in [0.4, 0.5) is 0 Å². The number of hydrogen-bond donors (Lipinski definition) is 2. The van der Waals surface area contributed by atoms with E-state index >= 15 is 0 Å². The first-order valence-electron chi connectivity index (χ1n) is 5.31. The molecule has 0 aromatic heterocycles. The van der Waals surface area contributed by atoms with E-state index in [1.165, 1.54) is 0 Å². The van der Waals surface area contributed by atoms with Crippen molar-refractivity contribution in [2.75, 3.05) is 0 Å². The zero-order valence-corrected chi connectivity index (χ0v) is 10.9. The van der Waals surface area contributed by atoms with Crippen molar-refractivity contribution in [3.63, 3.8) is 0 Å². The van der Waals surface area contributed by atoms with Crippen LogP contribution >= 0.6 is 15.9 Å². The number of halogens is 1. The molecule has 0 atom stereocenters. The molecular weight excluding hydrogens is 276 g/mol. The molecule has 0 unspecified atom stereocenters. The molecule has 2 aromatic carbocycles. The van der Waals surface area contributed by atoms with E-state index < -0.39 is 0 Å². The van der Waals surface area contributed by atoms with Crippen molar-refractivity contribution in [2.45, 2.75) is 5.33 Å². The van der Waals surface area contributed by atoms with Gasteiger partial charge in [0.25, 0.3) is 0 Å². The van der Waals surface area contributed by atoms with Crippen molar-refractivity contribution in [1.82, 2.24) is 0 Å². The molecule has 0 heterocycles. The van der Waals surface area contributed by atoms with E-state index in [4.69, 9.17) is 11.1 Å². The lowest BCUT2D eigenvalue weighted by Gasteiger charge is -2.10. The average molecular weight is 289 g/mol. The maximum absolute atomic E-state index is 7.66. The fraction of sp³-hybridized carbons (Fsp3) is 0.0714. The van der Waals surface area contributed by atoms with Crippen LogP contribution in [0.15, 0.2) is 48.5 Å². The molecule has 0 spiro atoms. The van der Waals surface area contributed by atoms with Gasteiger partial charge in [0.1, 0.15) is 5.84 Å². The zero-order chi connectivity index (χ0) is 12.3. The Kier molecular flexibility index (Phi) is 3.59. The summed E-state index contributed by atoms with van der Waals surface area (Å²) in [6, 6.07) is 16.0. The monoisotopic (exact) mass is 288 g/mol. The van der Waals surface area contributed by atoms with Gasteiger partial charge in [-0.3, -0.25) is 5.41 Å². The van der Waals surface area contributed by atoms with Crippen LogP contribution in [0.2, 0.25) is 0 Å². The summed E-state index contributed by atoms with van der Waals surface area (Å²) in [5.41, 5.74) is 9.63. The lowest BCUT2D eigenvalue weighted by Crippen LogP contribution is -2.12. The molecule has 0 aliphatic carbocycles. The van der Waals surface area contributed by atoms with Gasteiger partial charge in [-0.25, -0.2) is 0 Å². The fourth-order valence-corrected chi connectivity index (χ4v) is 2.12. The number of alkyl halides is 1. The molecule has 0 aliphatic rings. The third kappa shape index (κ3) is 2.56. The van der Waals surface area contributed by atoms with Crippen molar-refractivity contribution >= 4 is 21.8 Å². The van der Waals surface area contributed by atoms with Crippen LogP contribution in [-0.2, 0) is 5.33 Å². The molecule has 0 saturated carbocycles. The third-order valence-corrected chi connectivity index (χ3v) is 3.26. The van der Waals surface area contributed by atoms with Gasteiger partial charge in [0.2, 0.25) is 0 Å². The Hall–Kier alpha value is -1.61. The first kappa shape index (κ1) is 11.9. The second kappa shape index (κ2) is 5.15. The van der Waals surface area contributed by atoms with E-state index in [0.29, 0.717) is 0 Å². The van der Waals surface area contributed by atoms with Gasteiger partial charge in [-0.15, -0.1) is 0 Å². The molecule has 17 heavy (non-hydrogen) atoms. The summed E-state index contributed by atoms with van der Waals surface area (Å²) in [5.74, 6) is 0.103. The SMILES string of the molecule is N=C(N)c1cc(CBr)ccc1-c1ccccc1. The smallest absolute Gasteiger partial charge is 0.123 e. The third-order valence-electron chi connectivity index (χ3n) is 2.61. The van der Waals surface area contributed by atoms with Gasteiger partial charge in [-0.05, 0) is 22.8 Å². The van der Waals surface area contributed by atoms with Gasteiger partial charge in [0.05, 0.1) is 0 Å². The Morgan fingerprint density at radius 2 is 1.82 bits per heavy atom. The molecule has 0 radical (unpaired) electrons. The van der Waals surface area contributed by atoms with Crippen LogP contribution in [0.5, 0.6) is 0 Å². The van der Waals surface area contributed by atoms with E-state index in [9.17, 15) is 0 Å². The first-order valence-corrected chi connectivity index (χ1v) is 6.43. The molecule has 0 fully saturated rings. The van der Waals surface area contributed by atoms with Crippen LogP contribution in [0.3, 0.4) is 0 Å². The van der Waals surface area contributed by atoms with Crippen molar-refractivity contribution in [1.29, 1.82) is 5.41 Å². The van der Waals surface area contributed by atoms with Crippen LogP contribution in [-0.4, -0.2) is 5.84 Å². The summed E-state index contributed by atoms with van der Waals surface area (Å²) >= 11 is 3.41. The summed E-state index contributed by atoms with van der Waals surface area (Å²) in [4.78, 5) is 0. The molecule has 86 valence electrons. The Morgan fingerprint density at radius 1 is 1.12 bits per heavy atom. The lowest BCUT2D eigenvalue weighted by molar-refractivity contribution is 1.38.